The first-order chi connectivity index (χ1) is 11.5. The Morgan fingerprint density at radius 1 is 1.32 bits per heavy atom. The summed E-state index contributed by atoms with van der Waals surface area (Å²) in [4.78, 5) is 14.2. The van der Waals surface area contributed by atoms with E-state index in [0.29, 0.717) is 28.9 Å². The highest BCUT2D eigenvalue weighted by Gasteiger charge is 2.40. The fourth-order valence-corrected chi connectivity index (χ4v) is 4.74. The van der Waals surface area contributed by atoms with Crippen molar-refractivity contribution < 1.29 is 13.7 Å². The molecule has 1 heterocycles. The summed E-state index contributed by atoms with van der Waals surface area (Å²) < 4.78 is 17.6. The number of carbonyl (C=O) groups excluding carboxylic acids is 1. The first-order valence-electron chi connectivity index (χ1n) is 8.26. The van der Waals surface area contributed by atoms with Gasteiger partial charge in [0.2, 0.25) is 0 Å². The van der Waals surface area contributed by atoms with E-state index in [4.69, 9.17) is 27.9 Å². The Morgan fingerprint density at radius 2 is 2.00 bits per heavy atom. The van der Waals surface area contributed by atoms with Gasteiger partial charge in [-0.15, -0.1) is 0 Å². The van der Waals surface area contributed by atoms with E-state index in [9.17, 15) is 9.00 Å². The second-order valence-corrected chi connectivity index (χ2v) is 9.88. The molecule has 1 saturated heterocycles. The Hall–Kier alpha value is -0.780. The zero-order chi connectivity index (χ0) is 18.8. The maximum atomic E-state index is 12.5. The van der Waals surface area contributed by atoms with Crippen LogP contribution in [-0.2, 0) is 21.0 Å². The molecule has 1 unspecified atom stereocenters. The van der Waals surface area contributed by atoms with E-state index in [1.165, 1.54) is 0 Å². The lowest BCUT2D eigenvalue weighted by Crippen LogP contribution is -2.52. The lowest BCUT2D eigenvalue weighted by atomic mass is 9.75. The van der Waals surface area contributed by atoms with Gasteiger partial charge in [0, 0.05) is 41.3 Å². The second-order valence-electron chi connectivity index (χ2n) is 7.63. The first-order valence-corrected chi connectivity index (χ1v) is 10.7. The summed E-state index contributed by atoms with van der Waals surface area (Å²) in [6, 6.07) is 5.50. The predicted octanol–water partition coefficient (Wildman–Crippen LogP) is 4.64. The Labute approximate surface area is 162 Å². The highest BCUT2D eigenvalue weighted by molar-refractivity contribution is 7.84. The predicted molar refractivity (Wildman–Crippen MR) is 104 cm³/mol. The molecule has 1 fully saturated rings. The second kappa shape index (κ2) is 7.85. The SMILES string of the molecule is CS(=O)C[C@]1(c2ccc(Cl)c(Cl)c2)CCCN(C(=O)OC(C)(C)C)C1. The standard InChI is InChI=1S/C18H25Cl2NO3S/c1-17(2,3)24-16(22)21-9-5-8-18(11-21,12-25(4)23)13-6-7-14(19)15(20)10-13/h6-7,10H,5,8-9,11-12H2,1-4H3/t18-,25?/m0/s1. The molecule has 1 aromatic carbocycles. The summed E-state index contributed by atoms with van der Waals surface area (Å²) in [5.74, 6) is 0.463. The number of amides is 1. The molecule has 4 nitrogen and oxygen atoms in total. The molecule has 2 rings (SSSR count). The molecule has 140 valence electrons. The van der Waals surface area contributed by atoms with Crippen molar-refractivity contribution in [3.8, 4) is 0 Å². The lowest BCUT2D eigenvalue weighted by Gasteiger charge is -2.43. The van der Waals surface area contributed by atoms with E-state index in [1.54, 1.807) is 17.2 Å². The van der Waals surface area contributed by atoms with Crippen molar-refractivity contribution in [2.45, 2.75) is 44.6 Å². The van der Waals surface area contributed by atoms with Crippen LogP contribution in [0.3, 0.4) is 0 Å². The molecule has 0 spiro atoms. The van der Waals surface area contributed by atoms with Gasteiger partial charge < -0.3 is 9.64 Å². The molecule has 2 atom stereocenters. The Balaban J connectivity index is 2.34. The number of rotatable bonds is 3. The van der Waals surface area contributed by atoms with Crippen LogP contribution in [0.1, 0.15) is 39.2 Å². The molecule has 1 amide bonds. The van der Waals surface area contributed by atoms with Gasteiger partial charge in [-0.2, -0.15) is 0 Å². The third-order valence-electron chi connectivity index (χ3n) is 4.24. The molecule has 0 saturated carbocycles. The number of carbonyl (C=O) groups is 1. The van der Waals surface area contributed by atoms with Crippen molar-refractivity contribution in [2.24, 2.45) is 0 Å². The largest absolute Gasteiger partial charge is 0.444 e. The molecule has 1 aliphatic rings. The quantitative estimate of drug-likeness (QED) is 0.735. The van der Waals surface area contributed by atoms with Crippen molar-refractivity contribution >= 4 is 40.1 Å². The summed E-state index contributed by atoms with van der Waals surface area (Å²) in [7, 11) is -1.02. The van der Waals surface area contributed by atoms with E-state index in [0.717, 1.165) is 18.4 Å². The van der Waals surface area contributed by atoms with Gasteiger partial charge >= 0.3 is 6.09 Å². The minimum atomic E-state index is -1.02. The van der Waals surface area contributed by atoms with Crippen LogP contribution in [0.15, 0.2) is 18.2 Å². The van der Waals surface area contributed by atoms with Gasteiger partial charge in [-0.3, -0.25) is 4.21 Å². The molecular formula is C18H25Cl2NO3S. The average Bonchev–Trinajstić information content (AvgIpc) is 2.47. The van der Waals surface area contributed by atoms with Crippen LogP contribution in [0.2, 0.25) is 10.0 Å². The van der Waals surface area contributed by atoms with E-state index in [-0.39, 0.29) is 6.09 Å². The number of likely N-dealkylation sites (tertiary alicyclic amines) is 1. The van der Waals surface area contributed by atoms with Gasteiger partial charge in [0.1, 0.15) is 5.60 Å². The molecule has 0 bridgehead atoms. The van der Waals surface area contributed by atoms with E-state index < -0.39 is 21.8 Å². The number of halogens is 2. The van der Waals surface area contributed by atoms with Crippen molar-refractivity contribution in [2.75, 3.05) is 25.1 Å². The average molecular weight is 406 g/mol. The maximum Gasteiger partial charge on any atom is 0.410 e. The van der Waals surface area contributed by atoms with Gasteiger partial charge in [-0.05, 0) is 51.3 Å². The Kier molecular flexibility index (Phi) is 6.45. The fourth-order valence-electron chi connectivity index (χ4n) is 3.27. The Bertz CT molecular complexity index is 675. The van der Waals surface area contributed by atoms with Crippen molar-refractivity contribution in [1.82, 2.24) is 4.90 Å². The van der Waals surface area contributed by atoms with Gasteiger partial charge in [-0.25, -0.2) is 4.79 Å². The lowest BCUT2D eigenvalue weighted by molar-refractivity contribution is 0.0148. The van der Waals surface area contributed by atoms with E-state index in [2.05, 4.69) is 0 Å². The number of benzene rings is 1. The molecule has 0 aromatic heterocycles. The van der Waals surface area contributed by atoms with Crippen LogP contribution in [0.25, 0.3) is 0 Å². The third kappa shape index (κ3) is 5.35. The zero-order valence-corrected chi connectivity index (χ0v) is 17.4. The molecule has 25 heavy (non-hydrogen) atoms. The Morgan fingerprint density at radius 3 is 2.56 bits per heavy atom. The van der Waals surface area contributed by atoms with Gasteiger partial charge in [0.15, 0.2) is 0 Å². The monoisotopic (exact) mass is 405 g/mol. The highest BCUT2D eigenvalue weighted by Crippen LogP contribution is 2.38. The van der Waals surface area contributed by atoms with E-state index in [1.807, 2.05) is 32.9 Å². The number of piperidine rings is 1. The molecule has 0 N–H and O–H groups in total. The molecule has 0 aliphatic carbocycles. The van der Waals surface area contributed by atoms with Crippen molar-refractivity contribution in [1.29, 1.82) is 0 Å². The van der Waals surface area contributed by atoms with Crippen LogP contribution in [0.4, 0.5) is 4.79 Å². The van der Waals surface area contributed by atoms with Crippen LogP contribution in [0, 0.1) is 0 Å². The number of nitrogens with zero attached hydrogens (tertiary/aromatic N) is 1. The zero-order valence-electron chi connectivity index (χ0n) is 15.1. The summed E-state index contributed by atoms with van der Waals surface area (Å²) >= 11 is 12.3. The topological polar surface area (TPSA) is 46.6 Å². The number of hydrogen-bond donors (Lipinski definition) is 0. The molecule has 0 radical (unpaired) electrons. The summed E-state index contributed by atoms with van der Waals surface area (Å²) in [5, 5.41) is 0.952. The van der Waals surface area contributed by atoms with Gasteiger partial charge in [0.05, 0.1) is 10.0 Å². The first kappa shape index (κ1) is 20.5. The summed E-state index contributed by atoms with van der Waals surface area (Å²) in [6.45, 7) is 6.64. The van der Waals surface area contributed by atoms with Crippen LogP contribution in [-0.4, -0.2) is 45.9 Å². The smallest absolute Gasteiger partial charge is 0.410 e. The number of ether oxygens (including phenoxy) is 1. The van der Waals surface area contributed by atoms with E-state index >= 15 is 0 Å². The molecule has 1 aromatic rings. The number of hydrogen-bond acceptors (Lipinski definition) is 3. The summed E-state index contributed by atoms with van der Waals surface area (Å²) in [5.41, 5.74) is 0.00232. The van der Waals surface area contributed by atoms with Crippen LogP contribution >= 0.6 is 23.2 Å². The van der Waals surface area contributed by atoms with Crippen molar-refractivity contribution in [3.63, 3.8) is 0 Å². The third-order valence-corrected chi connectivity index (χ3v) is 5.94. The normalized spacial score (nSPS) is 22.6. The van der Waals surface area contributed by atoms with Crippen LogP contribution < -0.4 is 0 Å². The van der Waals surface area contributed by atoms with Crippen molar-refractivity contribution in [3.05, 3.63) is 33.8 Å². The molecule has 7 heteroatoms. The molecular weight excluding hydrogens is 381 g/mol. The highest BCUT2D eigenvalue weighted by atomic mass is 35.5. The summed E-state index contributed by atoms with van der Waals surface area (Å²) in [6.07, 6.45) is 3.00. The maximum absolute atomic E-state index is 12.5. The fraction of sp³-hybridized carbons (Fsp3) is 0.611. The van der Waals surface area contributed by atoms with Crippen LogP contribution in [0.5, 0.6) is 0 Å². The minimum Gasteiger partial charge on any atom is -0.444 e. The molecule has 1 aliphatic heterocycles. The van der Waals surface area contributed by atoms with Gasteiger partial charge in [0.25, 0.3) is 0 Å². The minimum absolute atomic E-state index is 0.335. The van der Waals surface area contributed by atoms with Gasteiger partial charge in [-0.1, -0.05) is 29.3 Å².